The Balaban J connectivity index is 4.43. The molecule has 0 saturated heterocycles. The van der Waals surface area contributed by atoms with E-state index in [0.717, 1.165) is 0 Å². The van der Waals surface area contributed by atoms with Crippen LogP contribution in [0.2, 0.25) is 0 Å². The Bertz CT molecular complexity index is 232. The summed E-state index contributed by atoms with van der Waals surface area (Å²) < 4.78 is 11.0. The summed E-state index contributed by atoms with van der Waals surface area (Å²) in [7, 11) is 1.90. The fraction of sp³-hybridized carbons (Fsp3) is 0.714. The third-order valence-electron chi connectivity index (χ3n) is 1.39. The fourth-order valence-corrected chi connectivity index (χ4v) is 1.52. The number of nitriles is 1. The summed E-state index contributed by atoms with van der Waals surface area (Å²) >= 11 is 0. The maximum Gasteiger partial charge on any atom is 0.238 e. The van der Waals surface area contributed by atoms with Gasteiger partial charge in [0.2, 0.25) is 5.91 Å². The first-order valence-electron chi connectivity index (χ1n) is 3.41. The van der Waals surface area contributed by atoms with Crippen LogP contribution in [0, 0.1) is 11.3 Å². The van der Waals surface area contributed by atoms with E-state index >= 15 is 0 Å². The normalized spacial score (nSPS) is 14.5. The average molecular weight is 188 g/mol. The largest absolute Gasteiger partial charge is 0.348 e. The zero-order valence-corrected chi connectivity index (χ0v) is 8.22. The van der Waals surface area contributed by atoms with Gasteiger partial charge in [0.05, 0.1) is 12.5 Å². The molecule has 0 saturated carbocycles. The van der Waals surface area contributed by atoms with E-state index in [1.807, 2.05) is 6.07 Å². The van der Waals surface area contributed by atoms with E-state index in [0.29, 0.717) is 0 Å². The van der Waals surface area contributed by atoms with Crippen molar-refractivity contribution in [3.05, 3.63) is 0 Å². The van der Waals surface area contributed by atoms with Crippen molar-refractivity contribution in [2.24, 2.45) is 0 Å². The molecule has 0 aromatic heterocycles. The van der Waals surface area contributed by atoms with Gasteiger partial charge in [-0.2, -0.15) is 5.26 Å². The van der Waals surface area contributed by atoms with Crippen molar-refractivity contribution >= 4 is 16.7 Å². The zero-order valence-electron chi connectivity index (χ0n) is 7.40. The summed E-state index contributed by atoms with van der Waals surface area (Å²) in [4.78, 5) is 12.6. The fourth-order valence-electron chi connectivity index (χ4n) is 0.718. The molecular weight excluding hydrogens is 176 g/mol. The Morgan fingerprint density at radius 3 is 2.42 bits per heavy atom. The van der Waals surface area contributed by atoms with Crippen molar-refractivity contribution in [3.63, 3.8) is 0 Å². The van der Waals surface area contributed by atoms with Gasteiger partial charge >= 0.3 is 0 Å². The lowest BCUT2D eigenvalue weighted by Crippen LogP contribution is -2.35. The first-order chi connectivity index (χ1) is 5.50. The molecule has 5 heteroatoms. The predicted octanol–water partition coefficient (Wildman–Crippen LogP) is -0.265. The standard InChI is InChI=1S/C7H12N2O2S/c1-9(2)7(10)6(4-5-8)12(3)11/h6H,4H2,1-3H3. The van der Waals surface area contributed by atoms with Crippen LogP contribution < -0.4 is 0 Å². The highest BCUT2D eigenvalue weighted by Gasteiger charge is 2.23. The maximum atomic E-state index is 11.3. The van der Waals surface area contributed by atoms with Gasteiger partial charge in [-0.05, 0) is 0 Å². The Morgan fingerprint density at radius 1 is 1.67 bits per heavy atom. The molecule has 0 aliphatic heterocycles. The van der Waals surface area contributed by atoms with E-state index in [4.69, 9.17) is 5.26 Å². The molecule has 12 heavy (non-hydrogen) atoms. The molecule has 0 spiro atoms. The quantitative estimate of drug-likeness (QED) is 0.613. The molecule has 4 nitrogen and oxygen atoms in total. The van der Waals surface area contributed by atoms with E-state index in [1.165, 1.54) is 11.2 Å². The van der Waals surface area contributed by atoms with Gasteiger partial charge in [-0.25, -0.2) is 0 Å². The number of amides is 1. The van der Waals surface area contributed by atoms with Gasteiger partial charge in [0, 0.05) is 31.2 Å². The van der Waals surface area contributed by atoms with Crippen LogP contribution in [0.3, 0.4) is 0 Å². The molecule has 0 radical (unpaired) electrons. The summed E-state index contributed by atoms with van der Waals surface area (Å²) in [5, 5.41) is 7.69. The summed E-state index contributed by atoms with van der Waals surface area (Å²) in [5.74, 6) is -0.252. The molecule has 1 amide bonds. The number of hydrogen-bond acceptors (Lipinski definition) is 3. The highest BCUT2D eigenvalue weighted by molar-refractivity contribution is 7.85. The summed E-state index contributed by atoms with van der Waals surface area (Å²) in [6, 6.07) is 1.84. The number of carbonyl (C=O) groups excluding carboxylic acids is 1. The Labute approximate surface area is 74.6 Å². The monoisotopic (exact) mass is 188 g/mol. The Kier molecular flexibility index (Phi) is 4.52. The second kappa shape index (κ2) is 4.88. The number of carbonyl (C=O) groups is 1. The lowest BCUT2D eigenvalue weighted by molar-refractivity contribution is -0.128. The van der Waals surface area contributed by atoms with Gasteiger partial charge in [0.1, 0.15) is 5.25 Å². The second-order valence-corrected chi connectivity index (χ2v) is 4.15. The smallest absolute Gasteiger partial charge is 0.238 e. The van der Waals surface area contributed by atoms with Crippen molar-refractivity contribution in [3.8, 4) is 6.07 Å². The Morgan fingerprint density at radius 2 is 2.17 bits per heavy atom. The minimum Gasteiger partial charge on any atom is -0.348 e. The van der Waals surface area contributed by atoms with E-state index < -0.39 is 16.0 Å². The first kappa shape index (κ1) is 11.1. The van der Waals surface area contributed by atoms with Crippen molar-refractivity contribution in [2.75, 3.05) is 20.4 Å². The molecule has 0 fully saturated rings. The predicted molar refractivity (Wildman–Crippen MR) is 46.8 cm³/mol. The molecule has 0 aromatic rings. The molecule has 68 valence electrons. The molecule has 2 unspecified atom stereocenters. The molecule has 0 bridgehead atoms. The van der Waals surface area contributed by atoms with Crippen LogP contribution >= 0.6 is 0 Å². The average Bonchev–Trinajstić information content (AvgIpc) is 1.98. The van der Waals surface area contributed by atoms with Crippen LogP contribution in [0.4, 0.5) is 0 Å². The van der Waals surface area contributed by atoms with Crippen molar-refractivity contribution in [2.45, 2.75) is 11.7 Å². The van der Waals surface area contributed by atoms with Gasteiger partial charge in [0.25, 0.3) is 0 Å². The van der Waals surface area contributed by atoms with E-state index in [1.54, 1.807) is 14.1 Å². The van der Waals surface area contributed by atoms with Gasteiger partial charge in [-0.3, -0.25) is 9.00 Å². The van der Waals surface area contributed by atoms with Gasteiger partial charge < -0.3 is 4.90 Å². The molecule has 2 atom stereocenters. The summed E-state index contributed by atoms with van der Waals surface area (Å²) in [6.07, 6.45) is 1.45. The van der Waals surface area contributed by atoms with E-state index in [-0.39, 0.29) is 12.3 Å². The van der Waals surface area contributed by atoms with Crippen LogP contribution in [0.5, 0.6) is 0 Å². The zero-order chi connectivity index (χ0) is 9.72. The van der Waals surface area contributed by atoms with Crippen molar-refractivity contribution in [1.29, 1.82) is 5.26 Å². The highest BCUT2D eigenvalue weighted by atomic mass is 32.2. The molecular formula is C7H12N2O2S. The SMILES string of the molecule is CN(C)C(=O)C(CC#N)S(C)=O. The summed E-state index contributed by atoms with van der Waals surface area (Å²) in [6.45, 7) is 0. The Hall–Kier alpha value is -0.890. The first-order valence-corrected chi connectivity index (χ1v) is 5.03. The van der Waals surface area contributed by atoms with Crippen molar-refractivity contribution in [1.82, 2.24) is 4.90 Å². The molecule has 0 N–H and O–H groups in total. The molecule has 0 aliphatic carbocycles. The molecule has 0 aromatic carbocycles. The van der Waals surface area contributed by atoms with Crippen LogP contribution in [0.15, 0.2) is 0 Å². The third-order valence-corrected chi connectivity index (χ3v) is 2.56. The van der Waals surface area contributed by atoms with Crippen LogP contribution in [0.1, 0.15) is 6.42 Å². The van der Waals surface area contributed by atoms with E-state index in [9.17, 15) is 9.00 Å². The summed E-state index contributed by atoms with van der Waals surface area (Å²) in [5.41, 5.74) is 0. The number of nitrogens with zero attached hydrogens (tertiary/aromatic N) is 2. The van der Waals surface area contributed by atoms with Crippen LogP contribution in [0.25, 0.3) is 0 Å². The van der Waals surface area contributed by atoms with E-state index in [2.05, 4.69) is 0 Å². The van der Waals surface area contributed by atoms with Crippen molar-refractivity contribution < 1.29 is 9.00 Å². The maximum absolute atomic E-state index is 11.3. The molecule has 0 rings (SSSR count). The van der Waals surface area contributed by atoms with Crippen LogP contribution in [-0.2, 0) is 15.6 Å². The topological polar surface area (TPSA) is 61.2 Å². The minimum absolute atomic E-state index is 0.0140. The van der Waals surface area contributed by atoms with Gasteiger partial charge in [-0.15, -0.1) is 0 Å². The number of hydrogen-bond donors (Lipinski definition) is 0. The third kappa shape index (κ3) is 3.01. The van der Waals surface area contributed by atoms with Gasteiger partial charge in [-0.1, -0.05) is 0 Å². The van der Waals surface area contributed by atoms with Crippen LogP contribution in [-0.4, -0.2) is 40.6 Å². The van der Waals surface area contributed by atoms with Gasteiger partial charge in [0.15, 0.2) is 0 Å². The molecule has 0 aliphatic rings. The second-order valence-electron chi connectivity index (χ2n) is 2.58. The highest BCUT2D eigenvalue weighted by Crippen LogP contribution is 2.02. The minimum atomic E-state index is -1.27. The molecule has 0 heterocycles. The number of rotatable bonds is 3. The lowest BCUT2D eigenvalue weighted by atomic mass is 10.3. The lowest BCUT2D eigenvalue weighted by Gasteiger charge is -2.15.